The molecule has 1 aromatic heterocycles. The molecule has 1 aliphatic rings. The fourth-order valence-corrected chi connectivity index (χ4v) is 1.91. The first kappa shape index (κ1) is 10.8. The highest BCUT2D eigenvalue weighted by molar-refractivity contribution is 5.35. The number of rotatable bonds is 2. The molecule has 0 saturated carbocycles. The van der Waals surface area contributed by atoms with E-state index in [-0.39, 0.29) is 0 Å². The lowest BCUT2D eigenvalue weighted by molar-refractivity contribution is 0.315. The molecule has 0 radical (unpaired) electrons. The molecule has 1 unspecified atom stereocenters. The third kappa shape index (κ3) is 2.12. The van der Waals surface area contributed by atoms with Gasteiger partial charge in [-0.2, -0.15) is 5.26 Å². The van der Waals surface area contributed by atoms with Crippen molar-refractivity contribution >= 4 is 5.95 Å². The Bertz CT molecular complexity index is 409. The van der Waals surface area contributed by atoms with E-state index in [0.717, 1.165) is 19.5 Å². The van der Waals surface area contributed by atoms with E-state index in [9.17, 15) is 0 Å². The van der Waals surface area contributed by atoms with Crippen LogP contribution in [0, 0.1) is 11.3 Å². The number of aromatic nitrogens is 2. The van der Waals surface area contributed by atoms with E-state index in [1.807, 2.05) is 6.07 Å². The molecule has 1 atom stereocenters. The van der Waals surface area contributed by atoms with Crippen LogP contribution in [0.2, 0.25) is 0 Å². The summed E-state index contributed by atoms with van der Waals surface area (Å²) in [5, 5.41) is 8.78. The first-order valence-electron chi connectivity index (χ1n) is 5.35. The topological polar surface area (TPSA) is 56.0 Å². The summed E-state index contributed by atoms with van der Waals surface area (Å²) in [7, 11) is 4.17. The van der Waals surface area contributed by atoms with Gasteiger partial charge in [-0.3, -0.25) is 0 Å². The zero-order valence-electron chi connectivity index (χ0n) is 9.59. The van der Waals surface area contributed by atoms with Crippen LogP contribution >= 0.6 is 0 Å². The van der Waals surface area contributed by atoms with Crippen LogP contribution in [0.15, 0.2) is 12.3 Å². The van der Waals surface area contributed by atoms with Crippen molar-refractivity contribution in [3.05, 3.63) is 18.0 Å². The highest BCUT2D eigenvalue weighted by Crippen LogP contribution is 2.18. The molecule has 2 rings (SSSR count). The summed E-state index contributed by atoms with van der Waals surface area (Å²) in [4.78, 5) is 12.8. The third-order valence-electron chi connectivity index (χ3n) is 2.93. The molecule has 0 amide bonds. The number of nitriles is 1. The zero-order valence-corrected chi connectivity index (χ0v) is 9.59. The van der Waals surface area contributed by atoms with Crippen molar-refractivity contribution < 1.29 is 0 Å². The van der Waals surface area contributed by atoms with Crippen LogP contribution in [0.1, 0.15) is 12.1 Å². The van der Waals surface area contributed by atoms with Gasteiger partial charge in [0.25, 0.3) is 0 Å². The largest absolute Gasteiger partial charge is 0.339 e. The SMILES string of the molecule is CN(C)C1CCN(c2nccc(C#N)n2)C1. The van der Waals surface area contributed by atoms with E-state index in [2.05, 4.69) is 33.9 Å². The lowest BCUT2D eigenvalue weighted by Crippen LogP contribution is -2.32. The van der Waals surface area contributed by atoms with Crippen molar-refractivity contribution in [1.82, 2.24) is 14.9 Å². The molecule has 0 bridgehead atoms. The number of likely N-dealkylation sites (N-methyl/N-ethyl adjacent to an activating group) is 1. The Labute approximate surface area is 95.3 Å². The van der Waals surface area contributed by atoms with Crippen molar-refractivity contribution in [2.75, 3.05) is 32.1 Å². The minimum absolute atomic E-state index is 0.429. The predicted molar refractivity (Wildman–Crippen MR) is 61.1 cm³/mol. The lowest BCUT2D eigenvalue weighted by Gasteiger charge is -2.20. The van der Waals surface area contributed by atoms with Crippen molar-refractivity contribution in [3.63, 3.8) is 0 Å². The van der Waals surface area contributed by atoms with Crippen molar-refractivity contribution in [3.8, 4) is 6.07 Å². The Morgan fingerprint density at radius 3 is 3.00 bits per heavy atom. The molecule has 16 heavy (non-hydrogen) atoms. The minimum Gasteiger partial charge on any atom is -0.339 e. The van der Waals surface area contributed by atoms with E-state index >= 15 is 0 Å². The maximum absolute atomic E-state index is 8.78. The molecular weight excluding hydrogens is 202 g/mol. The summed E-state index contributed by atoms with van der Waals surface area (Å²) < 4.78 is 0. The van der Waals surface area contributed by atoms with E-state index in [4.69, 9.17) is 5.26 Å². The standard InChI is InChI=1S/C11H15N5/c1-15(2)10-4-6-16(8-10)11-13-5-3-9(7-12)14-11/h3,5,10H,4,6,8H2,1-2H3. The fourth-order valence-electron chi connectivity index (χ4n) is 1.91. The second-order valence-corrected chi connectivity index (χ2v) is 4.21. The third-order valence-corrected chi connectivity index (χ3v) is 2.93. The van der Waals surface area contributed by atoms with Crippen LogP contribution in [0.4, 0.5) is 5.95 Å². The average molecular weight is 217 g/mol. The summed E-state index contributed by atoms with van der Waals surface area (Å²) in [6, 6.07) is 4.21. The van der Waals surface area contributed by atoms with E-state index < -0.39 is 0 Å². The second kappa shape index (κ2) is 4.45. The first-order valence-corrected chi connectivity index (χ1v) is 5.35. The number of hydrogen-bond acceptors (Lipinski definition) is 5. The Kier molecular flexibility index (Phi) is 3.02. The fraction of sp³-hybridized carbons (Fsp3) is 0.545. The molecule has 1 aliphatic heterocycles. The van der Waals surface area contributed by atoms with Crippen molar-refractivity contribution in [1.29, 1.82) is 5.26 Å². The van der Waals surface area contributed by atoms with Gasteiger partial charge >= 0.3 is 0 Å². The number of anilines is 1. The molecule has 0 spiro atoms. The van der Waals surface area contributed by atoms with E-state index in [1.54, 1.807) is 12.3 Å². The Balaban J connectivity index is 2.12. The smallest absolute Gasteiger partial charge is 0.226 e. The molecule has 5 heteroatoms. The molecule has 5 nitrogen and oxygen atoms in total. The quantitative estimate of drug-likeness (QED) is 0.721. The van der Waals surface area contributed by atoms with E-state index in [1.165, 1.54) is 0 Å². The summed E-state index contributed by atoms with van der Waals surface area (Å²) in [5.41, 5.74) is 0.429. The molecule has 1 saturated heterocycles. The summed E-state index contributed by atoms with van der Waals surface area (Å²) in [6.07, 6.45) is 2.76. The predicted octanol–water partition coefficient (Wildman–Crippen LogP) is 0.489. The highest BCUT2D eigenvalue weighted by atomic mass is 15.3. The van der Waals surface area contributed by atoms with Gasteiger partial charge < -0.3 is 9.80 Å². The van der Waals surface area contributed by atoms with Crippen molar-refractivity contribution in [2.45, 2.75) is 12.5 Å². The Morgan fingerprint density at radius 2 is 2.38 bits per heavy atom. The molecule has 1 aromatic rings. The molecule has 0 aliphatic carbocycles. The number of hydrogen-bond donors (Lipinski definition) is 0. The zero-order chi connectivity index (χ0) is 11.5. The van der Waals surface area contributed by atoms with Gasteiger partial charge in [0.15, 0.2) is 0 Å². The molecule has 0 aromatic carbocycles. The Hall–Kier alpha value is -1.67. The Morgan fingerprint density at radius 1 is 1.56 bits per heavy atom. The molecule has 2 heterocycles. The summed E-state index contributed by atoms with van der Waals surface area (Å²) in [5.74, 6) is 0.670. The molecular formula is C11H15N5. The van der Waals surface area contributed by atoms with Gasteiger partial charge in [-0.15, -0.1) is 0 Å². The van der Waals surface area contributed by atoms with Gasteiger partial charge in [0.2, 0.25) is 5.95 Å². The average Bonchev–Trinajstić information content (AvgIpc) is 2.78. The molecule has 1 fully saturated rings. The van der Waals surface area contributed by atoms with Crippen LogP contribution in [0.25, 0.3) is 0 Å². The monoisotopic (exact) mass is 217 g/mol. The minimum atomic E-state index is 0.429. The van der Waals surface area contributed by atoms with E-state index in [0.29, 0.717) is 17.7 Å². The van der Waals surface area contributed by atoms with Gasteiger partial charge in [0.05, 0.1) is 0 Å². The highest BCUT2D eigenvalue weighted by Gasteiger charge is 2.25. The second-order valence-electron chi connectivity index (χ2n) is 4.21. The van der Waals surface area contributed by atoms with Gasteiger partial charge in [0.1, 0.15) is 11.8 Å². The van der Waals surface area contributed by atoms with Crippen LogP contribution in [-0.4, -0.2) is 48.1 Å². The van der Waals surface area contributed by atoms with Crippen molar-refractivity contribution in [2.24, 2.45) is 0 Å². The number of nitrogens with zero attached hydrogens (tertiary/aromatic N) is 5. The molecule has 0 N–H and O–H groups in total. The van der Waals surface area contributed by atoms with Gasteiger partial charge in [0, 0.05) is 25.3 Å². The van der Waals surface area contributed by atoms with Crippen LogP contribution in [-0.2, 0) is 0 Å². The van der Waals surface area contributed by atoms with Crippen LogP contribution in [0.3, 0.4) is 0 Å². The maximum Gasteiger partial charge on any atom is 0.226 e. The van der Waals surface area contributed by atoms with Gasteiger partial charge in [-0.1, -0.05) is 0 Å². The van der Waals surface area contributed by atoms with Gasteiger partial charge in [-0.05, 0) is 26.6 Å². The molecule has 84 valence electrons. The van der Waals surface area contributed by atoms with Crippen LogP contribution < -0.4 is 4.90 Å². The summed E-state index contributed by atoms with van der Waals surface area (Å²) in [6.45, 7) is 1.89. The lowest BCUT2D eigenvalue weighted by atomic mass is 10.2. The summed E-state index contributed by atoms with van der Waals surface area (Å²) >= 11 is 0. The van der Waals surface area contributed by atoms with Gasteiger partial charge in [-0.25, -0.2) is 9.97 Å². The maximum atomic E-state index is 8.78. The normalized spacial score (nSPS) is 20.1. The van der Waals surface area contributed by atoms with Crippen LogP contribution in [0.5, 0.6) is 0 Å². The first-order chi connectivity index (χ1) is 7.70.